The van der Waals surface area contributed by atoms with E-state index < -0.39 is 109 Å². The van der Waals surface area contributed by atoms with E-state index >= 15 is 0 Å². The molecular weight excluding hydrogens is 593 g/mol. The minimum Gasteiger partial charge on any atom is -0.394 e. The minimum absolute atomic E-state index is 0.654. The number of ether oxygens (including phenoxy) is 5. The number of hydrogen-bond acceptors (Lipinski definition) is 16. The zero-order valence-corrected chi connectivity index (χ0v) is 20.6. The highest BCUT2D eigenvalue weighted by molar-refractivity contribution is 14.1. The van der Waals surface area contributed by atoms with E-state index in [0.29, 0.717) is 0 Å². The molecule has 3 rings (SSSR count). The molecule has 0 aliphatic carbocycles. The molecule has 0 spiro atoms. The van der Waals surface area contributed by atoms with Crippen LogP contribution < -0.4 is 17.2 Å². The molecule has 0 amide bonds. The average molecular weight is 627 g/mol. The number of aliphatic hydroxyl groups is 8. The molecule has 3 saturated heterocycles. The van der Waals surface area contributed by atoms with Gasteiger partial charge in [-0.3, -0.25) is 0 Å². The van der Waals surface area contributed by atoms with E-state index in [1.807, 2.05) is 0 Å². The first-order valence-corrected chi connectivity index (χ1v) is 12.0. The lowest BCUT2D eigenvalue weighted by molar-refractivity contribution is -0.349. The van der Waals surface area contributed by atoms with Crippen molar-refractivity contribution in [3.05, 3.63) is 0 Å². The fourth-order valence-corrected chi connectivity index (χ4v) is 4.79. The van der Waals surface area contributed by atoms with Gasteiger partial charge in [0.05, 0.1) is 37.9 Å². The summed E-state index contributed by atoms with van der Waals surface area (Å²) in [6.07, 6.45) is -15.8. The van der Waals surface area contributed by atoms with Crippen LogP contribution in [0.2, 0.25) is 0 Å². The molecule has 0 aromatic rings. The maximum Gasteiger partial charge on any atom is 0.177 e. The molecule has 0 bridgehead atoms. The predicted molar refractivity (Wildman–Crippen MR) is 120 cm³/mol. The SMILES string of the molecule is N[C@H]1[C@@H](OC2[C@@H](CO)O[C@@H](OC3[C@@H](CO)O[C@@H](O)[C@H](N)[C@H]3O)[C@H](N)[C@H]2O)O[C@@](I)(CO)[C@@H](O)[C@@H]1O. The lowest BCUT2D eigenvalue weighted by atomic mass is 9.94. The first-order valence-electron chi connectivity index (χ1n) is 10.9. The molecule has 15 atom stereocenters. The van der Waals surface area contributed by atoms with E-state index in [1.165, 1.54) is 0 Å². The quantitative estimate of drug-likeness (QED) is 0.0924. The van der Waals surface area contributed by atoms with Crippen molar-refractivity contribution < 1.29 is 64.5 Å². The Morgan fingerprint density at radius 2 is 1.20 bits per heavy atom. The van der Waals surface area contributed by atoms with Crippen LogP contribution in [0, 0.1) is 0 Å². The number of hydrogen-bond donors (Lipinski definition) is 11. The third-order valence-electron chi connectivity index (χ3n) is 6.41. The van der Waals surface area contributed by atoms with Gasteiger partial charge in [0.2, 0.25) is 0 Å². The number of alkyl halides is 1. The fraction of sp³-hybridized carbons (Fsp3) is 1.00. The Balaban J connectivity index is 1.74. The Kier molecular flexibility index (Phi) is 10.0. The summed E-state index contributed by atoms with van der Waals surface area (Å²) in [5.41, 5.74) is 17.7. The van der Waals surface area contributed by atoms with Gasteiger partial charge in [-0.25, -0.2) is 0 Å². The van der Waals surface area contributed by atoms with Crippen LogP contribution in [0.25, 0.3) is 0 Å². The van der Waals surface area contributed by atoms with Gasteiger partial charge in [0.1, 0.15) is 48.8 Å². The van der Waals surface area contributed by atoms with Crippen molar-refractivity contribution in [2.75, 3.05) is 19.8 Å². The second-order valence-corrected chi connectivity index (χ2v) is 10.6. The third-order valence-corrected chi connectivity index (χ3v) is 7.64. The molecule has 2 unspecified atom stereocenters. The van der Waals surface area contributed by atoms with Crippen molar-refractivity contribution in [3.8, 4) is 0 Å². The highest BCUT2D eigenvalue weighted by atomic mass is 127. The average Bonchev–Trinajstić information content (AvgIpc) is 2.85. The van der Waals surface area contributed by atoms with Gasteiger partial charge in [-0.2, -0.15) is 0 Å². The number of aliphatic hydroxyl groups excluding tert-OH is 8. The number of rotatable bonds is 7. The van der Waals surface area contributed by atoms with Crippen molar-refractivity contribution in [1.29, 1.82) is 0 Å². The molecule has 17 heteroatoms. The van der Waals surface area contributed by atoms with Crippen LogP contribution in [0.5, 0.6) is 0 Å². The summed E-state index contributed by atoms with van der Waals surface area (Å²) in [5, 5.41) is 80.5. The molecule has 0 aromatic heterocycles. The summed E-state index contributed by atoms with van der Waals surface area (Å²) in [5.74, 6) is 0. The Morgan fingerprint density at radius 1 is 0.714 bits per heavy atom. The summed E-state index contributed by atoms with van der Waals surface area (Å²) in [4.78, 5) is 0. The summed E-state index contributed by atoms with van der Waals surface area (Å²) >= 11 is 1.59. The third kappa shape index (κ3) is 5.76. The van der Waals surface area contributed by atoms with E-state index in [4.69, 9.17) is 40.9 Å². The van der Waals surface area contributed by atoms with Gasteiger partial charge in [0, 0.05) is 0 Å². The second kappa shape index (κ2) is 11.9. The van der Waals surface area contributed by atoms with Gasteiger partial charge in [-0.15, -0.1) is 0 Å². The van der Waals surface area contributed by atoms with Crippen molar-refractivity contribution in [2.45, 2.75) is 89.4 Å². The van der Waals surface area contributed by atoms with Crippen molar-refractivity contribution >= 4 is 22.6 Å². The summed E-state index contributed by atoms with van der Waals surface area (Å²) in [6.45, 7) is -2.06. The first kappa shape index (κ1) is 29.6. The first-order chi connectivity index (χ1) is 16.4. The minimum atomic E-state index is -1.67. The van der Waals surface area contributed by atoms with Crippen molar-refractivity contribution in [2.24, 2.45) is 17.2 Å². The van der Waals surface area contributed by atoms with E-state index in [0.717, 1.165) is 0 Å². The van der Waals surface area contributed by atoms with Crippen LogP contribution >= 0.6 is 22.6 Å². The highest BCUT2D eigenvalue weighted by Gasteiger charge is 2.55. The lowest BCUT2D eigenvalue weighted by Crippen LogP contribution is -2.70. The van der Waals surface area contributed by atoms with E-state index in [2.05, 4.69) is 0 Å². The molecule has 14 N–H and O–H groups in total. The van der Waals surface area contributed by atoms with Gasteiger partial charge in [-0.05, 0) is 22.6 Å². The molecule has 35 heavy (non-hydrogen) atoms. The van der Waals surface area contributed by atoms with Crippen LogP contribution in [0.15, 0.2) is 0 Å². The standard InChI is InChI=1S/C18H34IN3O13/c19-18(3-25)14(29)11(28)8(22)17(35-18)34-13-5(2-24)32-16(7(21)10(13)27)33-12-4(1-23)31-15(30)6(20)9(12)26/h4-17,23-30H,1-3,20-22H2/t4-,5-,6-,7-,8-,9-,10-,11-,12?,13?,14+,15-,16+,17+,18+/m1/s1. The molecule has 3 fully saturated rings. The van der Waals surface area contributed by atoms with Crippen molar-refractivity contribution in [3.63, 3.8) is 0 Å². The smallest absolute Gasteiger partial charge is 0.177 e. The molecule has 206 valence electrons. The summed E-state index contributed by atoms with van der Waals surface area (Å²) in [6, 6.07) is -3.91. The highest BCUT2D eigenvalue weighted by Crippen LogP contribution is 2.37. The zero-order valence-electron chi connectivity index (χ0n) is 18.4. The normalized spacial score (nSPS) is 53.5. The Hall–Kier alpha value is 0.0900. The van der Waals surface area contributed by atoms with Crippen LogP contribution in [-0.4, -0.2) is 150 Å². The zero-order chi connectivity index (χ0) is 26.2. The predicted octanol–water partition coefficient (Wildman–Crippen LogP) is -6.91. The Morgan fingerprint density at radius 3 is 1.74 bits per heavy atom. The molecule has 16 nitrogen and oxygen atoms in total. The summed E-state index contributed by atoms with van der Waals surface area (Å²) < 4.78 is 26.0. The number of halogens is 1. The van der Waals surface area contributed by atoms with Gasteiger partial charge in [0.25, 0.3) is 0 Å². The number of nitrogens with two attached hydrogens (primary N) is 3. The molecule has 3 aliphatic heterocycles. The Labute approximate surface area is 213 Å². The van der Waals surface area contributed by atoms with Crippen LogP contribution in [-0.2, 0) is 23.7 Å². The summed E-state index contributed by atoms with van der Waals surface area (Å²) in [7, 11) is 0. The molecular formula is C18H34IN3O13. The van der Waals surface area contributed by atoms with Crippen LogP contribution in [0.4, 0.5) is 0 Å². The van der Waals surface area contributed by atoms with Gasteiger partial charge in [-0.1, -0.05) is 0 Å². The van der Waals surface area contributed by atoms with Crippen LogP contribution in [0.3, 0.4) is 0 Å². The molecule has 0 saturated carbocycles. The van der Waals surface area contributed by atoms with E-state index in [1.54, 1.807) is 22.6 Å². The molecule has 0 radical (unpaired) electrons. The molecule has 3 aliphatic rings. The van der Waals surface area contributed by atoms with E-state index in [9.17, 15) is 40.9 Å². The van der Waals surface area contributed by atoms with Crippen LogP contribution in [0.1, 0.15) is 0 Å². The van der Waals surface area contributed by atoms with Gasteiger partial charge >= 0.3 is 0 Å². The molecule has 3 heterocycles. The maximum absolute atomic E-state index is 10.9. The Bertz CT molecular complexity index is 698. The monoisotopic (exact) mass is 627 g/mol. The fourth-order valence-electron chi connectivity index (χ4n) is 4.18. The van der Waals surface area contributed by atoms with Gasteiger partial charge < -0.3 is 81.7 Å². The van der Waals surface area contributed by atoms with Crippen molar-refractivity contribution in [1.82, 2.24) is 0 Å². The van der Waals surface area contributed by atoms with Gasteiger partial charge in [0.15, 0.2) is 22.5 Å². The second-order valence-electron chi connectivity index (χ2n) is 8.75. The molecule has 0 aromatic carbocycles. The topological polar surface area (TPSA) is 286 Å². The van der Waals surface area contributed by atoms with E-state index in [-0.39, 0.29) is 0 Å². The largest absolute Gasteiger partial charge is 0.394 e. The maximum atomic E-state index is 10.9. The lowest BCUT2D eigenvalue weighted by Gasteiger charge is -2.49.